The van der Waals surface area contributed by atoms with Crippen molar-refractivity contribution in [2.45, 2.75) is 84.2 Å². The minimum atomic E-state index is -1.30. The predicted octanol–water partition coefficient (Wildman–Crippen LogP) is 3.36. The molecule has 4 rings (SSSR count). The van der Waals surface area contributed by atoms with Crippen molar-refractivity contribution < 1.29 is 38.7 Å². The van der Waals surface area contributed by atoms with Gasteiger partial charge in [0, 0.05) is 19.5 Å². The zero-order valence-corrected chi connectivity index (χ0v) is 27.2. The van der Waals surface area contributed by atoms with Crippen molar-refractivity contribution in [1.82, 2.24) is 20.9 Å². The number of nitrogens with zero attached hydrogens (tertiary/aromatic N) is 2. The van der Waals surface area contributed by atoms with Crippen LogP contribution in [0, 0.1) is 16.0 Å². The molecule has 0 saturated carbocycles. The number of nitro groups is 1. The Morgan fingerprint density at radius 1 is 1.15 bits per heavy atom. The molecule has 14 nitrogen and oxygen atoms in total. The Balaban J connectivity index is 2.03. The molecule has 2 aromatic rings. The van der Waals surface area contributed by atoms with E-state index in [0.717, 1.165) is 0 Å². The van der Waals surface area contributed by atoms with E-state index in [0.29, 0.717) is 11.1 Å². The number of amides is 4. The van der Waals surface area contributed by atoms with E-state index >= 15 is 0 Å². The van der Waals surface area contributed by atoms with Crippen molar-refractivity contribution in [1.29, 1.82) is 0 Å². The van der Waals surface area contributed by atoms with Crippen LogP contribution in [-0.4, -0.2) is 76.1 Å². The molecular weight excluding hydrogens is 598 g/mol. The Hall–Kier alpha value is -4.72. The first-order valence-corrected chi connectivity index (χ1v) is 15.0. The van der Waals surface area contributed by atoms with Crippen LogP contribution in [-0.2, 0) is 25.5 Å². The molecule has 0 spiro atoms. The summed E-state index contributed by atoms with van der Waals surface area (Å²) in [5.74, 6) is -1.84. The summed E-state index contributed by atoms with van der Waals surface area (Å²) in [6.45, 7) is 9.82. The smallest absolute Gasteiger partial charge is 0.410 e. The van der Waals surface area contributed by atoms with Crippen molar-refractivity contribution in [2.75, 3.05) is 13.7 Å². The van der Waals surface area contributed by atoms with Crippen LogP contribution in [0.25, 0.3) is 0 Å². The molecular formula is C32H43N5O9. The molecule has 2 aliphatic rings. The van der Waals surface area contributed by atoms with Gasteiger partial charge in [-0.1, -0.05) is 32.0 Å². The number of hydrogen-bond acceptors (Lipinski definition) is 9. The molecule has 0 radical (unpaired) electrons. The molecule has 0 saturated heterocycles. The summed E-state index contributed by atoms with van der Waals surface area (Å²) in [6, 6.07) is 6.28. The Kier molecular flexibility index (Phi) is 11.7. The molecule has 2 heterocycles. The van der Waals surface area contributed by atoms with Gasteiger partial charge in [0.05, 0.1) is 17.6 Å². The van der Waals surface area contributed by atoms with Gasteiger partial charge in [0.15, 0.2) is 0 Å². The van der Waals surface area contributed by atoms with Crippen molar-refractivity contribution in [3.8, 4) is 11.5 Å². The largest absolute Gasteiger partial charge is 0.450 e. The maximum absolute atomic E-state index is 13.7. The molecule has 250 valence electrons. The third-order valence-electron chi connectivity index (χ3n) is 7.18. The van der Waals surface area contributed by atoms with Gasteiger partial charge in [-0.3, -0.25) is 29.4 Å². The lowest BCUT2D eigenvalue weighted by Crippen LogP contribution is -2.57. The number of aliphatic hydroxyl groups excluding tert-OH is 1. The van der Waals surface area contributed by atoms with Crippen molar-refractivity contribution in [3.05, 3.63) is 63.7 Å². The molecule has 4 bridgehead atoms. The maximum atomic E-state index is 13.7. The normalized spacial score (nSPS) is 19.4. The van der Waals surface area contributed by atoms with Crippen LogP contribution >= 0.6 is 0 Å². The van der Waals surface area contributed by atoms with E-state index in [1.165, 1.54) is 37.1 Å². The lowest BCUT2D eigenvalue weighted by atomic mass is 10.00. The average molecular weight is 642 g/mol. The van der Waals surface area contributed by atoms with Crippen LogP contribution in [0.3, 0.4) is 0 Å². The predicted molar refractivity (Wildman–Crippen MR) is 168 cm³/mol. The molecule has 0 fully saturated rings. The highest BCUT2D eigenvalue weighted by molar-refractivity contribution is 5.94. The van der Waals surface area contributed by atoms with Crippen molar-refractivity contribution >= 4 is 29.5 Å². The molecule has 0 aliphatic carbocycles. The highest BCUT2D eigenvalue weighted by atomic mass is 16.6. The van der Waals surface area contributed by atoms with E-state index in [2.05, 4.69) is 16.0 Å². The van der Waals surface area contributed by atoms with Crippen LogP contribution in [0.2, 0.25) is 0 Å². The van der Waals surface area contributed by atoms with Gasteiger partial charge in [-0.25, -0.2) is 4.79 Å². The standard InChI is InChI=1S/C32H43N5O9/c1-18(2)13-26(36(7)31(42)46-32(4,5)6)30(41)34-23-14-20-11-12-27(25(15-20)37(43)44)45-22-10-8-9-21(16-22)24(17-38)35-28(39)19(3)33-29(23)40/h8-12,15-16,18-19,23-24,26,38H,13-14,17H2,1-7H3,(H,33,40)(H,34,41)(H,35,39)/t19-,23+,24-,26+/m0/s1. The maximum Gasteiger partial charge on any atom is 0.410 e. The number of aliphatic hydroxyl groups is 1. The molecule has 4 N–H and O–H groups in total. The molecule has 0 aromatic heterocycles. The van der Waals surface area contributed by atoms with Gasteiger partial charge >= 0.3 is 11.8 Å². The van der Waals surface area contributed by atoms with Crippen molar-refractivity contribution in [3.63, 3.8) is 0 Å². The second-order valence-electron chi connectivity index (χ2n) is 12.7. The molecule has 0 unspecified atom stereocenters. The average Bonchev–Trinajstić information content (AvgIpc) is 2.96. The first-order chi connectivity index (χ1) is 21.5. The highest BCUT2D eigenvalue weighted by Gasteiger charge is 2.34. The van der Waals surface area contributed by atoms with Crippen LogP contribution in [0.4, 0.5) is 10.5 Å². The van der Waals surface area contributed by atoms with Gasteiger partial charge in [-0.2, -0.15) is 0 Å². The topological polar surface area (TPSA) is 189 Å². The Morgan fingerprint density at radius 2 is 1.85 bits per heavy atom. The number of nitrogens with one attached hydrogen (secondary N) is 3. The minimum Gasteiger partial charge on any atom is -0.450 e. The van der Waals surface area contributed by atoms with E-state index in [4.69, 9.17) is 9.47 Å². The van der Waals surface area contributed by atoms with E-state index in [-0.39, 0.29) is 35.9 Å². The van der Waals surface area contributed by atoms with Gasteiger partial charge in [-0.05, 0) is 69.4 Å². The second kappa shape index (κ2) is 15.0. The fraction of sp³-hybridized carbons (Fsp3) is 0.500. The van der Waals surface area contributed by atoms with Gasteiger partial charge < -0.3 is 30.5 Å². The van der Waals surface area contributed by atoms with E-state index < -0.39 is 65.1 Å². The number of fused-ring (bicyclic) bond motifs is 9. The summed E-state index contributed by atoms with van der Waals surface area (Å²) in [7, 11) is 1.43. The summed E-state index contributed by atoms with van der Waals surface area (Å²) in [5.41, 5.74) is -0.388. The van der Waals surface area contributed by atoms with E-state index in [1.807, 2.05) is 13.8 Å². The van der Waals surface area contributed by atoms with Gasteiger partial charge in [0.25, 0.3) is 0 Å². The van der Waals surface area contributed by atoms with Crippen LogP contribution in [0.5, 0.6) is 11.5 Å². The number of rotatable bonds is 7. The monoisotopic (exact) mass is 641 g/mol. The molecule has 2 aliphatic heterocycles. The summed E-state index contributed by atoms with van der Waals surface area (Å²) in [4.78, 5) is 65.9. The van der Waals surface area contributed by atoms with Crippen LogP contribution in [0.1, 0.15) is 65.1 Å². The SMILES string of the molecule is CC(C)C[C@H](C(=O)N[C@@H]1Cc2ccc(c([N+](=O)[O-])c2)Oc2cccc(c2)[C@H](CO)NC(=O)[C@H](C)NC1=O)N(C)C(=O)OC(C)(C)C. The molecule has 4 atom stereocenters. The highest BCUT2D eigenvalue weighted by Crippen LogP contribution is 2.33. The second-order valence-corrected chi connectivity index (χ2v) is 12.7. The van der Waals surface area contributed by atoms with Crippen molar-refractivity contribution in [2.24, 2.45) is 5.92 Å². The van der Waals surface area contributed by atoms with E-state index in [9.17, 15) is 34.4 Å². The molecule has 14 heteroatoms. The van der Waals surface area contributed by atoms with Gasteiger partial charge in [-0.15, -0.1) is 0 Å². The third-order valence-corrected chi connectivity index (χ3v) is 7.18. The Morgan fingerprint density at radius 3 is 2.46 bits per heavy atom. The quantitative estimate of drug-likeness (QED) is 0.259. The Labute approximate surface area is 268 Å². The fourth-order valence-corrected chi connectivity index (χ4v) is 4.81. The number of benzene rings is 2. The van der Waals surface area contributed by atoms with Crippen LogP contribution in [0.15, 0.2) is 42.5 Å². The number of ether oxygens (including phenoxy) is 2. The van der Waals surface area contributed by atoms with Gasteiger partial charge in [0.2, 0.25) is 23.5 Å². The number of hydrogen-bond donors (Lipinski definition) is 4. The number of carbonyl (C=O) groups is 4. The van der Waals surface area contributed by atoms with E-state index in [1.54, 1.807) is 45.0 Å². The summed E-state index contributed by atoms with van der Waals surface area (Å²) in [5, 5.41) is 30.1. The summed E-state index contributed by atoms with van der Waals surface area (Å²) in [6.07, 6.45) is -0.670. The number of nitro benzene ring substituents is 1. The lowest BCUT2D eigenvalue weighted by Gasteiger charge is -2.32. The summed E-state index contributed by atoms with van der Waals surface area (Å²) < 4.78 is 11.3. The minimum absolute atomic E-state index is 0.0237. The first kappa shape index (κ1) is 35.8. The molecule has 46 heavy (non-hydrogen) atoms. The Bertz CT molecular complexity index is 1460. The van der Waals surface area contributed by atoms with Crippen LogP contribution < -0.4 is 20.7 Å². The lowest BCUT2D eigenvalue weighted by molar-refractivity contribution is -0.385. The number of likely N-dealkylation sites (N-methyl/N-ethyl adjacent to an activating group) is 1. The fourth-order valence-electron chi connectivity index (χ4n) is 4.81. The third kappa shape index (κ3) is 9.64. The number of carbonyl (C=O) groups excluding carboxylic acids is 4. The van der Waals surface area contributed by atoms with Gasteiger partial charge in [0.1, 0.15) is 29.5 Å². The molecule has 2 aromatic carbocycles. The zero-order chi connectivity index (χ0) is 34.3. The zero-order valence-electron chi connectivity index (χ0n) is 27.2. The first-order valence-electron chi connectivity index (χ1n) is 15.0. The molecule has 4 amide bonds. The summed E-state index contributed by atoms with van der Waals surface area (Å²) >= 11 is 0.